The van der Waals surface area contributed by atoms with Gasteiger partial charge in [-0.1, -0.05) is 36.7 Å². The zero-order valence-corrected chi connectivity index (χ0v) is 11.9. The number of nitrogens with one attached hydrogen (secondary N) is 1. The van der Waals surface area contributed by atoms with Crippen molar-refractivity contribution in [3.05, 3.63) is 47.8 Å². The van der Waals surface area contributed by atoms with E-state index in [9.17, 15) is 4.79 Å². The highest BCUT2D eigenvalue weighted by molar-refractivity contribution is 5.89. The molecule has 0 atom stereocenters. The molecule has 2 rings (SSSR count). The summed E-state index contributed by atoms with van der Waals surface area (Å²) in [5.41, 5.74) is 8.02. The first-order valence-electron chi connectivity index (χ1n) is 6.66. The van der Waals surface area contributed by atoms with Gasteiger partial charge in [-0.05, 0) is 24.1 Å². The molecule has 0 spiro atoms. The highest BCUT2D eigenvalue weighted by atomic mass is 16.7. The van der Waals surface area contributed by atoms with Crippen LogP contribution in [0.1, 0.15) is 29.4 Å². The monoisotopic (exact) mass is 286 g/mol. The lowest BCUT2D eigenvalue weighted by molar-refractivity contribution is 0.0448. The first kappa shape index (κ1) is 14.6. The predicted molar refractivity (Wildman–Crippen MR) is 83.1 cm³/mol. The first-order chi connectivity index (χ1) is 10.2. The number of nitrogens with zero attached hydrogens (tertiary/aromatic N) is 2. The summed E-state index contributed by atoms with van der Waals surface area (Å²) in [5.74, 6) is -0.578. The minimum absolute atomic E-state index is 0.258. The molecule has 0 bridgehead atoms. The highest BCUT2D eigenvalue weighted by Gasteiger charge is 2.17. The molecular formula is C15H18N4O2. The fourth-order valence-electron chi connectivity index (χ4n) is 1.99. The van der Waals surface area contributed by atoms with Crippen molar-refractivity contribution in [3.63, 3.8) is 0 Å². The van der Waals surface area contributed by atoms with Crippen LogP contribution in [0, 0.1) is 0 Å². The average Bonchev–Trinajstić information content (AvgIpc) is 2.92. The SMILES string of the molecule is C=NN(OC(=O)c1cc(N)c[nH]1)c1ccccc1CCC. The summed E-state index contributed by atoms with van der Waals surface area (Å²) in [6, 6.07) is 9.09. The topological polar surface area (TPSA) is 83.7 Å². The fourth-order valence-corrected chi connectivity index (χ4v) is 1.99. The van der Waals surface area contributed by atoms with Gasteiger partial charge in [-0.25, -0.2) is 4.79 Å². The van der Waals surface area contributed by atoms with Crippen LogP contribution >= 0.6 is 0 Å². The predicted octanol–water partition coefficient (Wildman–Crippen LogP) is 2.74. The van der Waals surface area contributed by atoms with Crippen LogP contribution in [-0.4, -0.2) is 17.7 Å². The molecule has 0 saturated carbocycles. The number of aromatic nitrogens is 1. The van der Waals surface area contributed by atoms with Crippen molar-refractivity contribution >= 4 is 24.1 Å². The number of aromatic amines is 1. The standard InChI is InChI=1S/C15H18N4O2/c1-3-6-11-7-4-5-8-14(11)19(17-2)21-15(20)13-9-12(16)10-18-13/h4-5,7-10,18H,2-3,6,16H2,1H3. The third-order valence-electron chi connectivity index (χ3n) is 2.94. The lowest BCUT2D eigenvalue weighted by atomic mass is 10.1. The van der Waals surface area contributed by atoms with E-state index in [-0.39, 0.29) is 5.69 Å². The molecule has 0 amide bonds. The van der Waals surface area contributed by atoms with Gasteiger partial charge in [-0.3, -0.25) is 0 Å². The zero-order valence-electron chi connectivity index (χ0n) is 11.9. The summed E-state index contributed by atoms with van der Waals surface area (Å²) in [6.45, 7) is 5.53. The zero-order chi connectivity index (χ0) is 15.2. The van der Waals surface area contributed by atoms with E-state index in [0.717, 1.165) is 23.6 Å². The molecule has 0 fully saturated rings. The molecule has 0 aliphatic rings. The van der Waals surface area contributed by atoms with E-state index in [1.807, 2.05) is 24.3 Å². The number of benzene rings is 1. The molecule has 6 heteroatoms. The number of aryl methyl sites for hydroxylation is 1. The quantitative estimate of drug-likeness (QED) is 0.631. The largest absolute Gasteiger partial charge is 0.397 e. The lowest BCUT2D eigenvalue weighted by Crippen LogP contribution is -2.23. The Kier molecular flexibility index (Phi) is 4.61. The molecule has 110 valence electrons. The number of hydrogen-bond donors (Lipinski definition) is 2. The van der Waals surface area contributed by atoms with Crippen LogP contribution in [-0.2, 0) is 11.3 Å². The number of carbonyl (C=O) groups excluding carboxylic acids is 1. The molecule has 1 heterocycles. The molecule has 0 aliphatic heterocycles. The van der Waals surface area contributed by atoms with Crippen molar-refractivity contribution in [2.75, 3.05) is 10.9 Å². The number of para-hydroxylation sites is 1. The molecular weight excluding hydrogens is 268 g/mol. The van der Waals surface area contributed by atoms with Crippen LogP contribution in [0.2, 0.25) is 0 Å². The lowest BCUT2D eigenvalue weighted by Gasteiger charge is -2.19. The molecule has 6 nitrogen and oxygen atoms in total. The molecule has 0 saturated heterocycles. The summed E-state index contributed by atoms with van der Waals surface area (Å²) >= 11 is 0. The molecule has 1 aromatic heterocycles. The van der Waals surface area contributed by atoms with Crippen LogP contribution in [0.25, 0.3) is 0 Å². The highest BCUT2D eigenvalue weighted by Crippen LogP contribution is 2.23. The van der Waals surface area contributed by atoms with Crippen molar-refractivity contribution in [3.8, 4) is 0 Å². The van der Waals surface area contributed by atoms with E-state index in [2.05, 4.69) is 23.7 Å². The molecule has 0 unspecified atom stereocenters. The molecule has 21 heavy (non-hydrogen) atoms. The fraction of sp³-hybridized carbons (Fsp3) is 0.200. The van der Waals surface area contributed by atoms with Gasteiger partial charge < -0.3 is 15.6 Å². The van der Waals surface area contributed by atoms with Gasteiger partial charge in [0.15, 0.2) is 0 Å². The Balaban J connectivity index is 2.20. The Morgan fingerprint density at radius 3 is 2.86 bits per heavy atom. The van der Waals surface area contributed by atoms with Gasteiger partial charge in [-0.2, -0.15) is 5.10 Å². The van der Waals surface area contributed by atoms with Crippen LogP contribution < -0.4 is 10.9 Å². The minimum Gasteiger partial charge on any atom is -0.397 e. The van der Waals surface area contributed by atoms with Crippen molar-refractivity contribution in [1.29, 1.82) is 0 Å². The Labute approximate surface area is 123 Å². The number of nitrogen functional groups attached to an aromatic ring is 1. The summed E-state index contributed by atoms with van der Waals surface area (Å²) in [6.07, 6.45) is 3.35. The number of nitrogens with two attached hydrogens (primary N) is 1. The van der Waals surface area contributed by atoms with Gasteiger partial charge in [0.25, 0.3) is 0 Å². The summed E-state index contributed by atoms with van der Waals surface area (Å²) in [5, 5.41) is 4.90. The Bertz CT molecular complexity index is 636. The van der Waals surface area contributed by atoms with Gasteiger partial charge in [0.2, 0.25) is 0 Å². The number of hydrazone groups is 1. The van der Waals surface area contributed by atoms with Crippen molar-refractivity contribution < 1.29 is 9.63 Å². The van der Waals surface area contributed by atoms with Gasteiger partial charge >= 0.3 is 5.97 Å². The van der Waals surface area contributed by atoms with Crippen molar-refractivity contribution in [1.82, 2.24) is 4.98 Å². The van der Waals surface area contributed by atoms with E-state index in [1.54, 1.807) is 0 Å². The third-order valence-corrected chi connectivity index (χ3v) is 2.94. The van der Waals surface area contributed by atoms with Gasteiger partial charge in [0, 0.05) is 12.9 Å². The Morgan fingerprint density at radius 1 is 1.48 bits per heavy atom. The number of H-pyrrole nitrogens is 1. The second-order valence-corrected chi connectivity index (χ2v) is 4.52. The second kappa shape index (κ2) is 6.60. The van der Waals surface area contributed by atoms with E-state index in [0.29, 0.717) is 11.4 Å². The molecule has 0 radical (unpaired) electrons. The molecule has 3 N–H and O–H groups in total. The van der Waals surface area contributed by atoms with E-state index in [1.165, 1.54) is 12.3 Å². The van der Waals surface area contributed by atoms with Gasteiger partial charge in [-0.15, -0.1) is 0 Å². The van der Waals surface area contributed by atoms with E-state index < -0.39 is 5.97 Å². The maximum Gasteiger partial charge on any atom is 0.381 e. The Morgan fingerprint density at radius 2 is 2.24 bits per heavy atom. The summed E-state index contributed by atoms with van der Waals surface area (Å²) in [7, 11) is 0. The molecule has 1 aromatic carbocycles. The molecule has 2 aromatic rings. The summed E-state index contributed by atoms with van der Waals surface area (Å²) < 4.78 is 0. The number of carbonyl (C=O) groups is 1. The van der Waals surface area contributed by atoms with Crippen LogP contribution in [0.4, 0.5) is 11.4 Å². The Hall–Kier alpha value is -2.76. The maximum absolute atomic E-state index is 12.0. The van der Waals surface area contributed by atoms with Crippen LogP contribution in [0.3, 0.4) is 0 Å². The normalized spacial score (nSPS) is 10.1. The maximum atomic E-state index is 12.0. The van der Waals surface area contributed by atoms with Crippen LogP contribution in [0.15, 0.2) is 41.6 Å². The number of anilines is 2. The van der Waals surface area contributed by atoms with E-state index >= 15 is 0 Å². The van der Waals surface area contributed by atoms with E-state index in [4.69, 9.17) is 10.6 Å². The second-order valence-electron chi connectivity index (χ2n) is 4.52. The summed E-state index contributed by atoms with van der Waals surface area (Å²) in [4.78, 5) is 20.0. The number of rotatable bonds is 6. The van der Waals surface area contributed by atoms with Gasteiger partial charge in [0.1, 0.15) is 11.4 Å². The smallest absolute Gasteiger partial charge is 0.381 e. The van der Waals surface area contributed by atoms with Gasteiger partial charge in [0.05, 0.1) is 5.69 Å². The van der Waals surface area contributed by atoms with Crippen LogP contribution in [0.5, 0.6) is 0 Å². The third kappa shape index (κ3) is 3.42. The van der Waals surface area contributed by atoms with Crippen molar-refractivity contribution in [2.24, 2.45) is 5.10 Å². The minimum atomic E-state index is -0.578. The average molecular weight is 286 g/mol. The van der Waals surface area contributed by atoms with Crippen molar-refractivity contribution in [2.45, 2.75) is 19.8 Å². The first-order valence-corrected chi connectivity index (χ1v) is 6.66. The molecule has 0 aliphatic carbocycles. The number of hydrogen-bond acceptors (Lipinski definition) is 5.